The number of hydrogen-bond acceptors (Lipinski definition) is 7. The molecule has 0 saturated carbocycles. The number of aromatic nitrogens is 1. The van der Waals surface area contributed by atoms with Crippen molar-refractivity contribution in [1.29, 1.82) is 0 Å². The molecule has 0 fully saturated rings. The van der Waals surface area contributed by atoms with Crippen molar-refractivity contribution < 1.29 is 23.7 Å². The SMILES string of the molecule is COc1cccc(C=CC(=O)c2sc(C=Cc3cccc(OC)c3OC)nc2C)c1OC. The van der Waals surface area contributed by atoms with Crippen LogP contribution >= 0.6 is 11.3 Å². The molecule has 7 heteroatoms. The lowest BCUT2D eigenvalue weighted by atomic mass is 10.1. The first-order chi connectivity index (χ1) is 15.5. The van der Waals surface area contributed by atoms with Crippen molar-refractivity contribution in [3.63, 3.8) is 0 Å². The summed E-state index contributed by atoms with van der Waals surface area (Å²) in [4.78, 5) is 17.9. The molecule has 0 aliphatic heterocycles. The quantitative estimate of drug-likeness (QED) is 0.314. The van der Waals surface area contributed by atoms with Gasteiger partial charge in [-0.25, -0.2) is 4.98 Å². The van der Waals surface area contributed by atoms with Crippen LogP contribution < -0.4 is 18.9 Å². The van der Waals surface area contributed by atoms with Gasteiger partial charge in [-0.15, -0.1) is 11.3 Å². The minimum atomic E-state index is -0.122. The third kappa shape index (κ3) is 5.00. The molecule has 0 N–H and O–H groups in total. The maximum absolute atomic E-state index is 12.8. The second-order valence-electron chi connectivity index (χ2n) is 6.66. The van der Waals surface area contributed by atoms with E-state index in [2.05, 4.69) is 4.98 Å². The lowest BCUT2D eigenvalue weighted by Gasteiger charge is -2.09. The molecule has 2 aromatic carbocycles. The van der Waals surface area contributed by atoms with Gasteiger partial charge in [0.2, 0.25) is 0 Å². The summed E-state index contributed by atoms with van der Waals surface area (Å²) in [6, 6.07) is 11.2. The molecule has 1 heterocycles. The molecular formula is C25H25NO5S. The monoisotopic (exact) mass is 451 g/mol. The van der Waals surface area contributed by atoms with Crippen LogP contribution in [0.3, 0.4) is 0 Å². The lowest BCUT2D eigenvalue weighted by Crippen LogP contribution is -1.95. The first kappa shape index (κ1) is 23.1. The summed E-state index contributed by atoms with van der Waals surface area (Å²) in [5.74, 6) is 2.36. The van der Waals surface area contributed by atoms with E-state index in [0.717, 1.165) is 16.1 Å². The van der Waals surface area contributed by atoms with Crippen molar-refractivity contribution in [3.8, 4) is 23.0 Å². The van der Waals surface area contributed by atoms with Crippen LogP contribution in [0.4, 0.5) is 0 Å². The van der Waals surface area contributed by atoms with Crippen molar-refractivity contribution >= 4 is 35.3 Å². The first-order valence-electron chi connectivity index (χ1n) is 9.82. The highest BCUT2D eigenvalue weighted by Crippen LogP contribution is 2.33. The highest BCUT2D eigenvalue weighted by molar-refractivity contribution is 7.14. The molecule has 32 heavy (non-hydrogen) atoms. The molecule has 0 spiro atoms. The topological polar surface area (TPSA) is 66.9 Å². The molecule has 0 aliphatic rings. The minimum Gasteiger partial charge on any atom is -0.493 e. The van der Waals surface area contributed by atoms with Crippen LogP contribution in [0.15, 0.2) is 42.5 Å². The van der Waals surface area contributed by atoms with Crippen molar-refractivity contribution in [2.75, 3.05) is 28.4 Å². The lowest BCUT2D eigenvalue weighted by molar-refractivity contribution is 0.105. The van der Waals surface area contributed by atoms with E-state index in [1.165, 1.54) is 17.4 Å². The Hall–Kier alpha value is -3.58. The van der Waals surface area contributed by atoms with Crippen molar-refractivity contribution in [2.24, 2.45) is 0 Å². The van der Waals surface area contributed by atoms with Gasteiger partial charge in [-0.05, 0) is 43.4 Å². The number of carbonyl (C=O) groups is 1. The third-order valence-electron chi connectivity index (χ3n) is 4.72. The molecule has 166 valence electrons. The number of benzene rings is 2. The average Bonchev–Trinajstić information content (AvgIpc) is 3.20. The van der Waals surface area contributed by atoms with E-state index < -0.39 is 0 Å². The highest BCUT2D eigenvalue weighted by Gasteiger charge is 2.14. The summed E-state index contributed by atoms with van der Waals surface area (Å²) < 4.78 is 21.5. The molecule has 0 saturated heterocycles. The Bertz CT molecular complexity index is 1160. The number of para-hydroxylation sites is 2. The Kier molecular flexibility index (Phi) is 7.68. The Balaban J connectivity index is 1.83. The average molecular weight is 452 g/mol. The van der Waals surface area contributed by atoms with Gasteiger partial charge in [-0.3, -0.25) is 4.79 Å². The molecule has 1 aromatic heterocycles. The Labute approximate surface area is 191 Å². The van der Waals surface area contributed by atoms with Crippen molar-refractivity contribution in [2.45, 2.75) is 6.92 Å². The van der Waals surface area contributed by atoms with E-state index >= 15 is 0 Å². The maximum Gasteiger partial charge on any atom is 0.197 e. The van der Waals surface area contributed by atoms with E-state index in [4.69, 9.17) is 18.9 Å². The molecule has 0 amide bonds. The van der Waals surface area contributed by atoms with Gasteiger partial charge in [-0.1, -0.05) is 24.3 Å². The molecule has 3 aromatic rings. The molecule has 6 nitrogen and oxygen atoms in total. The number of rotatable bonds is 9. The van der Waals surface area contributed by atoms with Crippen molar-refractivity contribution in [1.82, 2.24) is 4.98 Å². The zero-order chi connectivity index (χ0) is 23.1. The van der Waals surface area contributed by atoms with E-state index in [9.17, 15) is 4.79 Å². The van der Waals surface area contributed by atoms with Crippen LogP contribution in [-0.4, -0.2) is 39.2 Å². The number of hydrogen-bond donors (Lipinski definition) is 0. The molecule has 3 rings (SSSR count). The fraction of sp³-hybridized carbons (Fsp3) is 0.200. The second kappa shape index (κ2) is 10.6. The Morgan fingerprint density at radius 1 is 0.812 bits per heavy atom. The number of ether oxygens (including phenoxy) is 4. The summed E-state index contributed by atoms with van der Waals surface area (Å²) in [5.41, 5.74) is 2.30. The van der Waals surface area contributed by atoms with Gasteiger partial charge in [-0.2, -0.15) is 0 Å². The molecule has 0 atom stereocenters. The highest BCUT2D eigenvalue weighted by atomic mass is 32.1. The first-order valence-corrected chi connectivity index (χ1v) is 10.6. The minimum absolute atomic E-state index is 0.122. The van der Waals surface area contributed by atoms with Gasteiger partial charge < -0.3 is 18.9 Å². The standard InChI is InChI=1S/C25H25NO5S/c1-16-25(19(27)14-12-17-8-6-10-20(28-2)23(17)30-4)32-22(26-16)15-13-18-9-7-11-21(29-3)24(18)31-5/h6-15H,1-5H3. The predicted octanol–water partition coefficient (Wildman–Crippen LogP) is 5.55. The van der Waals surface area contributed by atoms with E-state index in [-0.39, 0.29) is 5.78 Å². The largest absolute Gasteiger partial charge is 0.493 e. The summed E-state index contributed by atoms with van der Waals surface area (Å²) in [6.07, 6.45) is 7.00. The Morgan fingerprint density at radius 3 is 1.91 bits per heavy atom. The van der Waals surface area contributed by atoms with Crippen LogP contribution in [0.2, 0.25) is 0 Å². The fourth-order valence-corrected chi connectivity index (χ4v) is 4.10. The molecule has 0 unspecified atom stereocenters. The van der Waals surface area contributed by atoms with Crippen LogP contribution in [0.25, 0.3) is 18.2 Å². The second-order valence-corrected chi connectivity index (χ2v) is 7.69. The normalized spacial score (nSPS) is 11.2. The zero-order valence-electron chi connectivity index (χ0n) is 18.7. The van der Waals surface area contributed by atoms with Gasteiger partial charge in [0.15, 0.2) is 28.8 Å². The fourth-order valence-electron chi connectivity index (χ4n) is 3.21. The van der Waals surface area contributed by atoms with Crippen LogP contribution in [0.1, 0.15) is 31.5 Å². The van der Waals surface area contributed by atoms with Gasteiger partial charge in [0, 0.05) is 11.1 Å². The van der Waals surface area contributed by atoms with E-state index in [1.807, 2.05) is 49.4 Å². The number of allylic oxidation sites excluding steroid dienone is 1. The predicted molar refractivity (Wildman–Crippen MR) is 128 cm³/mol. The number of thiazole rings is 1. The summed E-state index contributed by atoms with van der Waals surface area (Å²) in [6.45, 7) is 1.83. The van der Waals surface area contributed by atoms with E-state index in [1.54, 1.807) is 40.6 Å². The maximum atomic E-state index is 12.8. The molecule has 0 radical (unpaired) electrons. The van der Waals surface area contributed by atoms with Gasteiger partial charge >= 0.3 is 0 Å². The zero-order valence-corrected chi connectivity index (χ0v) is 19.5. The van der Waals surface area contributed by atoms with Gasteiger partial charge in [0.05, 0.1) is 39.0 Å². The molecule has 0 aliphatic carbocycles. The van der Waals surface area contributed by atoms with Crippen molar-refractivity contribution in [3.05, 3.63) is 69.2 Å². The van der Waals surface area contributed by atoms with Crippen LogP contribution in [0, 0.1) is 6.92 Å². The number of ketones is 1. The molecule has 0 bridgehead atoms. The summed E-state index contributed by atoms with van der Waals surface area (Å²) in [5, 5.41) is 0.725. The number of methoxy groups -OCH3 is 4. The van der Waals surface area contributed by atoms with Crippen LogP contribution in [0.5, 0.6) is 23.0 Å². The number of carbonyl (C=O) groups excluding carboxylic acids is 1. The van der Waals surface area contributed by atoms with Gasteiger partial charge in [0.25, 0.3) is 0 Å². The van der Waals surface area contributed by atoms with Crippen LogP contribution in [-0.2, 0) is 0 Å². The number of nitrogens with zero attached hydrogens (tertiary/aromatic N) is 1. The number of aryl methyl sites for hydroxylation is 1. The summed E-state index contributed by atoms with van der Waals surface area (Å²) in [7, 11) is 6.35. The third-order valence-corrected chi connectivity index (χ3v) is 5.86. The summed E-state index contributed by atoms with van der Waals surface area (Å²) >= 11 is 1.34. The van der Waals surface area contributed by atoms with E-state index in [0.29, 0.717) is 33.6 Å². The molecular weight excluding hydrogens is 426 g/mol. The Morgan fingerprint density at radius 2 is 1.38 bits per heavy atom. The smallest absolute Gasteiger partial charge is 0.197 e. The van der Waals surface area contributed by atoms with Gasteiger partial charge in [0.1, 0.15) is 5.01 Å².